The SMILES string of the molecule is O=C1CCc2cccc3cc(O)cc1c23. The summed E-state index contributed by atoms with van der Waals surface area (Å²) in [5.74, 6) is 0.305. The number of hydrogen-bond acceptors (Lipinski definition) is 2. The number of phenols is 1. The maximum absolute atomic E-state index is 11.7. The van der Waals surface area contributed by atoms with Crippen molar-refractivity contribution in [1.29, 1.82) is 0 Å². The molecule has 0 aromatic heterocycles. The first-order valence-corrected chi connectivity index (χ1v) is 5.03. The van der Waals surface area contributed by atoms with Crippen molar-refractivity contribution in [1.82, 2.24) is 0 Å². The van der Waals surface area contributed by atoms with Gasteiger partial charge in [-0.15, -0.1) is 0 Å². The number of carbonyl (C=O) groups excluding carboxylic acids is 1. The topological polar surface area (TPSA) is 37.3 Å². The quantitative estimate of drug-likeness (QED) is 0.706. The number of rotatable bonds is 0. The number of carbonyl (C=O) groups is 1. The summed E-state index contributed by atoms with van der Waals surface area (Å²) in [6.07, 6.45) is 1.36. The van der Waals surface area contributed by atoms with Crippen LogP contribution in [-0.2, 0) is 6.42 Å². The molecule has 1 aliphatic carbocycles. The molecule has 0 atom stereocenters. The van der Waals surface area contributed by atoms with Gasteiger partial charge in [0.15, 0.2) is 5.78 Å². The maximum Gasteiger partial charge on any atom is 0.163 e. The normalized spacial score (nSPS) is 14.5. The second kappa shape index (κ2) is 2.83. The highest BCUT2D eigenvalue weighted by Crippen LogP contribution is 2.32. The van der Waals surface area contributed by atoms with Crippen LogP contribution in [0.5, 0.6) is 5.75 Å². The Labute approximate surface area is 87.2 Å². The van der Waals surface area contributed by atoms with Crippen LogP contribution in [-0.4, -0.2) is 10.9 Å². The molecule has 15 heavy (non-hydrogen) atoms. The number of ketones is 1. The number of hydrogen-bond donors (Lipinski definition) is 1. The molecule has 74 valence electrons. The first kappa shape index (κ1) is 8.48. The molecular formula is C13H10O2. The van der Waals surface area contributed by atoms with E-state index in [1.807, 2.05) is 12.1 Å². The molecule has 0 saturated carbocycles. The molecule has 0 radical (unpaired) electrons. The number of phenolic OH excluding ortho intramolecular Hbond substituents is 1. The van der Waals surface area contributed by atoms with Gasteiger partial charge < -0.3 is 5.11 Å². The second-order valence-corrected chi connectivity index (χ2v) is 3.93. The van der Waals surface area contributed by atoms with Gasteiger partial charge in [-0.25, -0.2) is 0 Å². The van der Waals surface area contributed by atoms with Crippen molar-refractivity contribution in [3.05, 3.63) is 41.5 Å². The minimum atomic E-state index is 0.134. The Bertz CT molecular complexity index is 570. The largest absolute Gasteiger partial charge is 0.508 e. The lowest BCUT2D eigenvalue weighted by atomic mass is 9.88. The van der Waals surface area contributed by atoms with Gasteiger partial charge in [-0.2, -0.15) is 0 Å². The van der Waals surface area contributed by atoms with E-state index >= 15 is 0 Å². The Balaban J connectivity index is 2.52. The molecular weight excluding hydrogens is 188 g/mol. The molecule has 0 amide bonds. The molecule has 0 fully saturated rings. The molecule has 2 heteroatoms. The van der Waals surface area contributed by atoms with Gasteiger partial charge >= 0.3 is 0 Å². The molecule has 0 spiro atoms. The first-order chi connectivity index (χ1) is 7.25. The van der Waals surface area contributed by atoms with Crippen molar-refractivity contribution in [2.24, 2.45) is 0 Å². The standard InChI is InChI=1S/C13H10O2/c14-10-6-9-3-1-2-8-4-5-12(15)11(7-10)13(8)9/h1-3,6-7,14H,4-5H2. The highest BCUT2D eigenvalue weighted by Gasteiger charge is 2.19. The molecule has 2 aromatic carbocycles. The summed E-state index contributed by atoms with van der Waals surface area (Å²) in [7, 11) is 0. The van der Waals surface area contributed by atoms with Gasteiger partial charge in [-0.3, -0.25) is 4.79 Å². The average Bonchev–Trinajstić information content (AvgIpc) is 2.23. The van der Waals surface area contributed by atoms with Gasteiger partial charge in [0, 0.05) is 12.0 Å². The number of Topliss-reactive ketones (excluding diaryl/α,β-unsaturated/α-hetero) is 1. The van der Waals surface area contributed by atoms with E-state index in [9.17, 15) is 9.90 Å². The fourth-order valence-electron chi connectivity index (χ4n) is 2.30. The first-order valence-electron chi connectivity index (χ1n) is 5.03. The number of benzene rings is 2. The zero-order chi connectivity index (χ0) is 10.4. The predicted octanol–water partition coefficient (Wildman–Crippen LogP) is 2.67. The third-order valence-corrected chi connectivity index (χ3v) is 2.97. The lowest BCUT2D eigenvalue weighted by Crippen LogP contribution is -2.09. The zero-order valence-corrected chi connectivity index (χ0v) is 8.16. The molecule has 1 aliphatic rings. The third kappa shape index (κ3) is 1.14. The molecule has 0 aliphatic heterocycles. The maximum atomic E-state index is 11.7. The van der Waals surface area contributed by atoms with E-state index in [0.717, 1.165) is 17.2 Å². The predicted molar refractivity (Wildman–Crippen MR) is 58.3 cm³/mol. The summed E-state index contributed by atoms with van der Waals surface area (Å²) in [5.41, 5.74) is 1.88. The lowest BCUT2D eigenvalue weighted by Gasteiger charge is -2.16. The highest BCUT2D eigenvalue weighted by atomic mass is 16.3. The summed E-state index contributed by atoms with van der Waals surface area (Å²) in [4.78, 5) is 11.7. The zero-order valence-electron chi connectivity index (χ0n) is 8.16. The molecule has 1 N–H and O–H groups in total. The van der Waals surface area contributed by atoms with Crippen LogP contribution in [0.15, 0.2) is 30.3 Å². The fourth-order valence-corrected chi connectivity index (χ4v) is 2.30. The Hall–Kier alpha value is -1.83. The van der Waals surface area contributed by atoms with Crippen molar-refractivity contribution >= 4 is 16.6 Å². The Morgan fingerprint density at radius 3 is 2.87 bits per heavy atom. The smallest absolute Gasteiger partial charge is 0.163 e. The third-order valence-electron chi connectivity index (χ3n) is 2.97. The van der Waals surface area contributed by atoms with E-state index in [0.29, 0.717) is 12.0 Å². The highest BCUT2D eigenvalue weighted by molar-refractivity contribution is 6.11. The van der Waals surface area contributed by atoms with Crippen molar-refractivity contribution in [2.45, 2.75) is 12.8 Å². The lowest BCUT2D eigenvalue weighted by molar-refractivity contribution is 0.0981. The summed E-state index contributed by atoms with van der Waals surface area (Å²) in [5, 5.41) is 11.5. The van der Waals surface area contributed by atoms with Gasteiger partial charge in [0.05, 0.1) is 0 Å². The van der Waals surface area contributed by atoms with Crippen LogP contribution < -0.4 is 0 Å². The Kier molecular flexibility index (Phi) is 1.60. The van der Waals surface area contributed by atoms with Gasteiger partial charge in [-0.1, -0.05) is 18.2 Å². The van der Waals surface area contributed by atoms with Crippen molar-refractivity contribution < 1.29 is 9.90 Å². The second-order valence-electron chi connectivity index (χ2n) is 3.93. The molecule has 2 aromatic rings. The van der Waals surface area contributed by atoms with Crippen LogP contribution in [0.1, 0.15) is 22.3 Å². The van der Waals surface area contributed by atoms with E-state index in [2.05, 4.69) is 6.07 Å². The van der Waals surface area contributed by atoms with Gasteiger partial charge in [0.25, 0.3) is 0 Å². The Morgan fingerprint density at radius 1 is 1.13 bits per heavy atom. The van der Waals surface area contributed by atoms with Gasteiger partial charge in [0.2, 0.25) is 0 Å². The summed E-state index contributed by atoms with van der Waals surface area (Å²) in [6.45, 7) is 0. The minimum absolute atomic E-state index is 0.134. The van der Waals surface area contributed by atoms with Gasteiger partial charge in [0.1, 0.15) is 5.75 Å². The van der Waals surface area contributed by atoms with E-state index in [1.165, 1.54) is 5.56 Å². The van der Waals surface area contributed by atoms with Crippen LogP contribution in [0.2, 0.25) is 0 Å². The van der Waals surface area contributed by atoms with Crippen LogP contribution >= 0.6 is 0 Å². The van der Waals surface area contributed by atoms with E-state index in [-0.39, 0.29) is 11.5 Å². The molecule has 0 heterocycles. The molecule has 0 saturated heterocycles. The van der Waals surface area contributed by atoms with E-state index in [1.54, 1.807) is 12.1 Å². The van der Waals surface area contributed by atoms with Crippen LogP contribution in [0, 0.1) is 0 Å². The summed E-state index contributed by atoms with van der Waals surface area (Å²) < 4.78 is 0. The van der Waals surface area contributed by atoms with Crippen LogP contribution in [0.25, 0.3) is 10.8 Å². The van der Waals surface area contributed by atoms with Crippen LogP contribution in [0.3, 0.4) is 0 Å². The monoisotopic (exact) mass is 198 g/mol. The molecule has 0 bridgehead atoms. The number of aryl methyl sites for hydroxylation is 1. The van der Waals surface area contributed by atoms with Crippen molar-refractivity contribution in [2.75, 3.05) is 0 Å². The van der Waals surface area contributed by atoms with Crippen molar-refractivity contribution in [3.63, 3.8) is 0 Å². The number of aromatic hydroxyl groups is 1. The van der Waals surface area contributed by atoms with Gasteiger partial charge in [-0.05, 0) is 34.9 Å². The van der Waals surface area contributed by atoms with E-state index < -0.39 is 0 Å². The average molecular weight is 198 g/mol. The van der Waals surface area contributed by atoms with Crippen molar-refractivity contribution in [3.8, 4) is 5.75 Å². The molecule has 3 rings (SSSR count). The summed E-state index contributed by atoms with van der Waals surface area (Å²) in [6, 6.07) is 9.24. The minimum Gasteiger partial charge on any atom is -0.508 e. The fraction of sp³-hybridized carbons (Fsp3) is 0.154. The molecule has 0 unspecified atom stereocenters. The Morgan fingerprint density at radius 2 is 2.00 bits per heavy atom. The summed E-state index contributed by atoms with van der Waals surface area (Å²) >= 11 is 0. The van der Waals surface area contributed by atoms with E-state index in [4.69, 9.17) is 0 Å². The van der Waals surface area contributed by atoms with Crippen LogP contribution in [0.4, 0.5) is 0 Å². The molecule has 2 nitrogen and oxygen atoms in total.